The lowest BCUT2D eigenvalue weighted by Crippen LogP contribution is -2.41. The molecular weight excluding hydrogens is 491 g/mol. The first kappa shape index (κ1) is 23.6. The minimum Gasteiger partial charge on any atom is -0.337 e. The number of halogens is 1. The highest BCUT2D eigenvalue weighted by molar-refractivity contribution is 5.99. The zero-order valence-electron chi connectivity index (χ0n) is 22.7. The number of aryl methyl sites for hydroxylation is 1. The van der Waals surface area contributed by atoms with Crippen molar-refractivity contribution < 1.29 is 9.18 Å². The van der Waals surface area contributed by atoms with E-state index in [1.165, 1.54) is 40.9 Å². The van der Waals surface area contributed by atoms with Crippen molar-refractivity contribution in [2.24, 2.45) is 24.6 Å². The molecule has 4 aromatic rings. The van der Waals surface area contributed by atoms with Gasteiger partial charge in [-0.3, -0.25) is 4.79 Å². The predicted molar refractivity (Wildman–Crippen MR) is 150 cm³/mol. The molecule has 39 heavy (non-hydrogen) atoms. The number of likely N-dealkylation sites (tertiary alicyclic amines) is 1. The van der Waals surface area contributed by atoms with Crippen LogP contribution in [0.3, 0.4) is 0 Å². The average Bonchev–Trinajstić information content (AvgIpc) is 3.30. The Kier molecular flexibility index (Phi) is 5.08. The van der Waals surface area contributed by atoms with E-state index in [9.17, 15) is 4.79 Å². The molecule has 4 heterocycles. The summed E-state index contributed by atoms with van der Waals surface area (Å²) in [6, 6.07) is 9.97. The molecule has 2 aromatic carbocycles. The number of hydrogen-bond donors (Lipinski definition) is 1. The highest BCUT2D eigenvalue weighted by atomic mass is 19.1. The topological polar surface area (TPSA) is 72.3 Å². The minimum absolute atomic E-state index is 0.0310. The summed E-state index contributed by atoms with van der Waals surface area (Å²) < 4.78 is 20.0. The molecule has 4 aliphatic rings. The van der Waals surface area contributed by atoms with E-state index >= 15 is 4.39 Å². The van der Waals surface area contributed by atoms with Gasteiger partial charge in [0.15, 0.2) is 5.82 Å². The lowest BCUT2D eigenvalue weighted by molar-refractivity contribution is 0.0700. The molecule has 0 spiro atoms. The molecule has 3 atom stereocenters. The van der Waals surface area contributed by atoms with Crippen molar-refractivity contribution in [2.45, 2.75) is 57.3 Å². The quantitative estimate of drug-likeness (QED) is 0.431. The van der Waals surface area contributed by atoms with Crippen molar-refractivity contribution in [3.63, 3.8) is 0 Å². The summed E-state index contributed by atoms with van der Waals surface area (Å²) in [6.07, 6.45) is 5.54. The number of piperidine rings is 1. The highest BCUT2D eigenvalue weighted by Crippen LogP contribution is 2.40. The molecule has 2 saturated carbocycles. The van der Waals surface area contributed by atoms with Gasteiger partial charge in [0.2, 0.25) is 0 Å². The van der Waals surface area contributed by atoms with Crippen LogP contribution in [0.5, 0.6) is 0 Å². The molecule has 2 aromatic heterocycles. The molecule has 1 amide bonds. The van der Waals surface area contributed by atoms with Gasteiger partial charge in [-0.05, 0) is 80.3 Å². The van der Waals surface area contributed by atoms with Crippen LogP contribution in [0.2, 0.25) is 0 Å². The van der Waals surface area contributed by atoms with Gasteiger partial charge in [-0.2, -0.15) is 0 Å². The number of rotatable bonds is 4. The number of likely N-dealkylation sites (N-methyl/N-ethyl adjacent to an activating group) is 1. The van der Waals surface area contributed by atoms with E-state index < -0.39 is 5.82 Å². The van der Waals surface area contributed by atoms with Crippen LogP contribution in [0.1, 0.15) is 47.2 Å². The molecule has 2 aliphatic carbocycles. The Bertz CT molecular complexity index is 1670. The second-order valence-electron chi connectivity index (χ2n) is 12.5. The fraction of sp³-hybridized carbons (Fsp3) is 0.484. The molecule has 2 aliphatic heterocycles. The molecule has 202 valence electrons. The summed E-state index contributed by atoms with van der Waals surface area (Å²) in [7, 11) is 4.06. The highest BCUT2D eigenvalue weighted by Gasteiger charge is 2.47. The van der Waals surface area contributed by atoms with Gasteiger partial charge in [-0.15, -0.1) is 0 Å². The van der Waals surface area contributed by atoms with E-state index in [2.05, 4.69) is 34.7 Å². The van der Waals surface area contributed by atoms with Crippen molar-refractivity contribution in [2.75, 3.05) is 20.1 Å². The third kappa shape index (κ3) is 3.54. The van der Waals surface area contributed by atoms with Crippen molar-refractivity contribution in [1.29, 1.82) is 0 Å². The number of imidazole rings is 1. The number of amides is 1. The van der Waals surface area contributed by atoms with Crippen LogP contribution in [0.4, 0.5) is 4.39 Å². The first-order valence-electron chi connectivity index (χ1n) is 14.4. The molecule has 8 heteroatoms. The Balaban J connectivity index is 1.25. The predicted octanol–water partition coefficient (Wildman–Crippen LogP) is 4.29. The second-order valence-corrected chi connectivity index (χ2v) is 12.5. The zero-order valence-corrected chi connectivity index (χ0v) is 22.7. The van der Waals surface area contributed by atoms with Gasteiger partial charge in [0.05, 0.1) is 16.7 Å². The summed E-state index contributed by atoms with van der Waals surface area (Å²) >= 11 is 0. The average molecular weight is 527 g/mol. The lowest BCUT2D eigenvalue weighted by atomic mass is 9.97. The maximum atomic E-state index is 15.7. The van der Waals surface area contributed by atoms with Gasteiger partial charge in [-0.25, -0.2) is 9.37 Å². The van der Waals surface area contributed by atoms with Crippen LogP contribution in [0.25, 0.3) is 33.5 Å². The van der Waals surface area contributed by atoms with E-state index in [4.69, 9.17) is 10.7 Å². The van der Waals surface area contributed by atoms with Crippen LogP contribution in [-0.2, 0) is 26.6 Å². The SMILES string of the molecule is CN1CCc2c(ccc3cc(-c4nc5cc(C(=O)N6C[C@H]7CC[C@@H]6[C@@H]7N)cc(F)c5n4C)n(CC4CC4)c23)C1. The molecule has 0 unspecified atom stereocenters. The van der Waals surface area contributed by atoms with Crippen molar-refractivity contribution in [3.8, 4) is 11.5 Å². The largest absolute Gasteiger partial charge is 0.337 e. The number of carbonyl (C=O) groups is 1. The molecule has 7 nitrogen and oxygen atoms in total. The summed E-state index contributed by atoms with van der Waals surface area (Å²) in [4.78, 5) is 22.7. The van der Waals surface area contributed by atoms with Gasteiger partial charge in [0.25, 0.3) is 5.91 Å². The van der Waals surface area contributed by atoms with E-state index in [0.29, 0.717) is 35.0 Å². The maximum absolute atomic E-state index is 15.7. The molecule has 1 saturated heterocycles. The summed E-state index contributed by atoms with van der Waals surface area (Å²) in [5.74, 6) is 1.24. The molecule has 2 N–H and O–H groups in total. The number of benzene rings is 2. The Hall–Kier alpha value is -3.23. The normalized spacial score (nSPS) is 24.8. The number of nitrogens with two attached hydrogens (primary N) is 1. The standard InChI is InChI=1S/C31H35FN6O/c1-35-10-9-22-19(15-35)6-5-18-13-26(37(28(18)22)14-17-3-4-17)30-34-24-12-21(11-23(32)29(24)36(30)2)31(39)38-16-20-7-8-25(38)27(20)33/h5-6,11-13,17,20,25,27H,3-4,7-10,14-16,33H2,1-2H3/t20-,25-,27-/m1/s1. The molecule has 2 bridgehead atoms. The fourth-order valence-corrected chi connectivity index (χ4v) is 7.61. The van der Waals surface area contributed by atoms with E-state index in [1.807, 2.05) is 16.5 Å². The van der Waals surface area contributed by atoms with Crippen LogP contribution >= 0.6 is 0 Å². The number of nitrogens with zero attached hydrogens (tertiary/aromatic N) is 5. The lowest BCUT2D eigenvalue weighted by Gasteiger charge is -2.27. The zero-order chi connectivity index (χ0) is 26.6. The van der Waals surface area contributed by atoms with Gasteiger partial charge in [0.1, 0.15) is 11.3 Å². The van der Waals surface area contributed by atoms with Crippen molar-refractivity contribution in [3.05, 3.63) is 52.8 Å². The van der Waals surface area contributed by atoms with Gasteiger partial charge in [0, 0.05) is 56.3 Å². The van der Waals surface area contributed by atoms with Gasteiger partial charge >= 0.3 is 0 Å². The Morgan fingerprint density at radius 2 is 1.95 bits per heavy atom. The monoisotopic (exact) mass is 526 g/mol. The van der Waals surface area contributed by atoms with Crippen LogP contribution in [-0.4, -0.2) is 62.0 Å². The van der Waals surface area contributed by atoms with Crippen LogP contribution < -0.4 is 5.73 Å². The van der Waals surface area contributed by atoms with Crippen LogP contribution in [0, 0.1) is 17.7 Å². The first-order valence-corrected chi connectivity index (χ1v) is 14.4. The Labute approximate surface area is 227 Å². The van der Waals surface area contributed by atoms with E-state index in [0.717, 1.165) is 50.4 Å². The molecule has 8 rings (SSSR count). The minimum atomic E-state index is -0.406. The first-order chi connectivity index (χ1) is 18.9. The summed E-state index contributed by atoms with van der Waals surface area (Å²) in [6.45, 7) is 3.64. The van der Waals surface area contributed by atoms with Gasteiger partial charge in [-0.1, -0.05) is 12.1 Å². The van der Waals surface area contributed by atoms with E-state index in [1.54, 1.807) is 6.07 Å². The molecule has 0 radical (unpaired) electrons. The fourth-order valence-electron chi connectivity index (χ4n) is 7.61. The van der Waals surface area contributed by atoms with Crippen LogP contribution in [0.15, 0.2) is 30.3 Å². The third-order valence-electron chi connectivity index (χ3n) is 9.90. The van der Waals surface area contributed by atoms with Gasteiger partial charge < -0.3 is 24.7 Å². The third-order valence-corrected chi connectivity index (χ3v) is 9.90. The second kappa shape index (κ2) is 8.38. The Morgan fingerprint density at radius 1 is 1.10 bits per heavy atom. The smallest absolute Gasteiger partial charge is 0.254 e. The number of hydrogen-bond acceptors (Lipinski definition) is 4. The summed E-state index contributed by atoms with van der Waals surface area (Å²) in [5.41, 5.74) is 12.8. The number of aromatic nitrogens is 3. The maximum Gasteiger partial charge on any atom is 0.254 e. The molecule has 3 fully saturated rings. The number of carbonyl (C=O) groups excluding carboxylic acids is 1. The Morgan fingerprint density at radius 3 is 2.69 bits per heavy atom. The van der Waals surface area contributed by atoms with Crippen molar-refractivity contribution in [1.82, 2.24) is 23.9 Å². The van der Waals surface area contributed by atoms with E-state index in [-0.39, 0.29) is 18.0 Å². The molecular formula is C31H35FN6O. The number of fused-ring (bicyclic) bond motifs is 6. The summed E-state index contributed by atoms with van der Waals surface area (Å²) in [5, 5.41) is 1.22. The van der Waals surface area contributed by atoms with Crippen molar-refractivity contribution >= 4 is 27.8 Å².